The van der Waals surface area contributed by atoms with Crippen LogP contribution in [-0.4, -0.2) is 38.4 Å². The summed E-state index contributed by atoms with van der Waals surface area (Å²) in [5.41, 5.74) is 3.54. The van der Waals surface area contributed by atoms with Crippen molar-refractivity contribution in [3.63, 3.8) is 0 Å². The van der Waals surface area contributed by atoms with Crippen LogP contribution in [0.5, 0.6) is 0 Å². The summed E-state index contributed by atoms with van der Waals surface area (Å²) in [6, 6.07) is 12.0. The number of aryl methyl sites for hydroxylation is 1. The first-order valence-electron chi connectivity index (χ1n) is 9.48. The summed E-state index contributed by atoms with van der Waals surface area (Å²) in [5, 5.41) is 0. The molecule has 138 valence electrons. The number of aromatic nitrogens is 3. The average Bonchev–Trinajstić information content (AvgIpc) is 3.21. The lowest BCUT2D eigenvalue weighted by molar-refractivity contribution is 0.0662. The van der Waals surface area contributed by atoms with E-state index in [1.165, 1.54) is 0 Å². The Morgan fingerprint density at radius 3 is 2.81 bits per heavy atom. The Balaban J connectivity index is 1.59. The number of imidazole rings is 1. The van der Waals surface area contributed by atoms with Gasteiger partial charge >= 0.3 is 0 Å². The average molecular weight is 360 g/mol. The van der Waals surface area contributed by atoms with E-state index in [2.05, 4.69) is 14.5 Å². The van der Waals surface area contributed by atoms with E-state index in [1.54, 1.807) is 12.4 Å². The lowest BCUT2D eigenvalue weighted by Gasteiger charge is -2.33. The smallest absolute Gasteiger partial charge is 0.256 e. The van der Waals surface area contributed by atoms with Crippen LogP contribution in [0.4, 0.5) is 0 Å². The SMILES string of the molecule is Cc1nccc(-c2ccccc2)c1C(=O)N1CCC[C@H](Cn2ccnc2)C1. The van der Waals surface area contributed by atoms with Gasteiger partial charge in [-0.2, -0.15) is 0 Å². The predicted octanol–water partition coefficient (Wildman–Crippen LogP) is 3.81. The van der Waals surface area contributed by atoms with Gasteiger partial charge in [-0.3, -0.25) is 9.78 Å². The number of rotatable bonds is 4. The Kier molecular flexibility index (Phi) is 5.01. The Morgan fingerprint density at radius 2 is 2.04 bits per heavy atom. The number of hydrogen-bond donors (Lipinski definition) is 0. The summed E-state index contributed by atoms with van der Waals surface area (Å²) in [6.07, 6.45) is 9.59. The van der Waals surface area contributed by atoms with Crippen molar-refractivity contribution < 1.29 is 4.79 Å². The van der Waals surface area contributed by atoms with Gasteiger partial charge in [0, 0.05) is 38.2 Å². The van der Waals surface area contributed by atoms with Gasteiger partial charge in [-0.05, 0) is 42.9 Å². The van der Waals surface area contributed by atoms with Crippen LogP contribution in [0.2, 0.25) is 0 Å². The first kappa shape index (κ1) is 17.5. The summed E-state index contributed by atoms with van der Waals surface area (Å²) in [5.74, 6) is 0.545. The standard InChI is InChI=1S/C22H24N4O/c1-17-21(20(9-10-24-17)19-7-3-2-4-8-19)22(27)26-12-5-6-18(15-26)14-25-13-11-23-16-25/h2-4,7-11,13,16,18H,5-6,12,14-15H2,1H3/t18-/m1/s1. The molecule has 0 N–H and O–H groups in total. The maximum atomic E-state index is 13.4. The Hall–Kier alpha value is -2.95. The zero-order valence-corrected chi connectivity index (χ0v) is 15.6. The molecule has 1 amide bonds. The number of amides is 1. The summed E-state index contributed by atoms with van der Waals surface area (Å²) < 4.78 is 2.10. The van der Waals surface area contributed by atoms with Gasteiger partial charge in [0.1, 0.15) is 0 Å². The van der Waals surface area contributed by atoms with Crippen LogP contribution in [0.15, 0.2) is 61.3 Å². The third kappa shape index (κ3) is 3.77. The summed E-state index contributed by atoms with van der Waals surface area (Å²) in [4.78, 5) is 24.0. The van der Waals surface area contributed by atoms with Crippen molar-refractivity contribution in [3.05, 3.63) is 72.6 Å². The molecule has 5 heteroatoms. The van der Waals surface area contributed by atoms with Crippen LogP contribution >= 0.6 is 0 Å². The van der Waals surface area contributed by atoms with Gasteiger partial charge in [-0.15, -0.1) is 0 Å². The molecule has 0 bridgehead atoms. The minimum atomic E-state index is 0.0924. The molecule has 1 aliphatic rings. The maximum Gasteiger partial charge on any atom is 0.256 e. The number of benzene rings is 1. The molecule has 4 rings (SSSR count). The van der Waals surface area contributed by atoms with Crippen molar-refractivity contribution in [3.8, 4) is 11.1 Å². The van der Waals surface area contributed by atoms with Gasteiger partial charge < -0.3 is 9.47 Å². The van der Waals surface area contributed by atoms with Crippen molar-refractivity contribution in [2.75, 3.05) is 13.1 Å². The van der Waals surface area contributed by atoms with Crippen molar-refractivity contribution in [1.29, 1.82) is 0 Å². The van der Waals surface area contributed by atoms with E-state index in [9.17, 15) is 4.79 Å². The van der Waals surface area contributed by atoms with Crippen LogP contribution in [0.25, 0.3) is 11.1 Å². The Bertz CT molecular complexity index is 905. The number of likely N-dealkylation sites (tertiary alicyclic amines) is 1. The molecule has 2 aromatic heterocycles. The molecule has 3 aromatic rings. The third-order valence-electron chi connectivity index (χ3n) is 5.27. The minimum Gasteiger partial charge on any atom is -0.338 e. The Morgan fingerprint density at radius 1 is 1.19 bits per heavy atom. The number of piperidine rings is 1. The molecule has 0 spiro atoms. The second kappa shape index (κ2) is 7.74. The third-order valence-corrected chi connectivity index (χ3v) is 5.27. The highest BCUT2D eigenvalue weighted by molar-refractivity contribution is 6.01. The topological polar surface area (TPSA) is 51.0 Å². The molecule has 1 atom stereocenters. The fourth-order valence-electron chi connectivity index (χ4n) is 3.94. The highest BCUT2D eigenvalue weighted by Crippen LogP contribution is 2.28. The van der Waals surface area contributed by atoms with E-state index < -0.39 is 0 Å². The number of nitrogens with zero attached hydrogens (tertiary/aromatic N) is 4. The number of hydrogen-bond acceptors (Lipinski definition) is 3. The second-order valence-electron chi connectivity index (χ2n) is 7.20. The Labute approximate surface area is 159 Å². The second-order valence-corrected chi connectivity index (χ2v) is 7.20. The minimum absolute atomic E-state index is 0.0924. The van der Waals surface area contributed by atoms with E-state index in [0.717, 1.165) is 54.9 Å². The summed E-state index contributed by atoms with van der Waals surface area (Å²) in [7, 11) is 0. The molecule has 0 aliphatic carbocycles. The summed E-state index contributed by atoms with van der Waals surface area (Å²) >= 11 is 0. The zero-order chi connectivity index (χ0) is 18.6. The molecule has 1 aliphatic heterocycles. The van der Waals surface area contributed by atoms with E-state index >= 15 is 0 Å². The number of carbonyl (C=O) groups excluding carboxylic acids is 1. The lowest BCUT2D eigenvalue weighted by Crippen LogP contribution is -2.41. The summed E-state index contributed by atoms with van der Waals surface area (Å²) in [6.45, 7) is 4.41. The maximum absolute atomic E-state index is 13.4. The lowest BCUT2D eigenvalue weighted by atomic mass is 9.94. The molecule has 3 heterocycles. The highest BCUT2D eigenvalue weighted by Gasteiger charge is 2.27. The number of carbonyl (C=O) groups is 1. The largest absolute Gasteiger partial charge is 0.338 e. The van der Waals surface area contributed by atoms with E-state index in [1.807, 2.05) is 60.7 Å². The molecule has 0 unspecified atom stereocenters. The van der Waals surface area contributed by atoms with Gasteiger partial charge in [0.15, 0.2) is 0 Å². The van der Waals surface area contributed by atoms with Gasteiger partial charge in [-0.1, -0.05) is 30.3 Å². The van der Waals surface area contributed by atoms with Gasteiger partial charge in [-0.25, -0.2) is 4.98 Å². The van der Waals surface area contributed by atoms with Crippen LogP contribution < -0.4 is 0 Å². The van der Waals surface area contributed by atoms with E-state index in [4.69, 9.17) is 0 Å². The van der Waals surface area contributed by atoms with Crippen molar-refractivity contribution >= 4 is 5.91 Å². The molecule has 1 saturated heterocycles. The number of pyridine rings is 1. The zero-order valence-electron chi connectivity index (χ0n) is 15.6. The highest BCUT2D eigenvalue weighted by atomic mass is 16.2. The molecule has 1 fully saturated rings. The molecule has 0 saturated carbocycles. The molecule has 27 heavy (non-hydrogen) atoms. The van der Waals surface area contributed by atoms with E-state index in [0.29, 0.717) is 5.92 Å². The first-order valence-corrected chi connectivity index (χ1v) is 9.48. The normalized spacial score (nSPS) is 17.1. The van der Waals surface area contributed by atoms with Gasteiger partial charge in [0.25, 0.3) is 5.91 Å². The molecular formula is C22H24N4O. The van der Waals surface area contributed by atoms with Crippen LogP contribution in [0.1, 0.15) is 28.9 Å². The van der Waals surface area contributed by atoms with E-state index in [-0.39, 0.29) is 5.91 Å². The van der Waals surface area contributed by atoms with Gasteiger partial charge in [0.2, 0.25) is 0 Å². The molecule has 0 radical (unpaired) electrons. The first-order chi connectivity index (χ1) is 13.2. The van der Waals surface area contributed by atoms with Crippen molar-refractivity contribution in [2.45, 2.75) is 26.3 Å². The van der Waals surface area contributed by atoms with Gasteiger partial charge in [0.05, 0.1) is 17.6 Å². The van der Waals surface area contributed by atoms with Crippen molar-refractivity contribution in [2.24, 2.45) is 5.92 Å². The predicted molar refractivity (Wildman–Crippen MR) is 105 cm³/mol. The molecular weight excluding hydrogens is 336 g/mol. The van der Waals surface area contributed by atoms with Crippen LogP contribution in [0.3, 0.4) is 0 Å². The fourth-order valence-corrected chi connectivity index (χ4v) is 3.94. The molecule has 5 nitrogen and oxygen atoms in total. The van der Waals surface area contributed by atoms with Crippen LogP contribution in [-0.2, 0) is 6.54 Å². The quantitative estimate of drug-likeness (QED) is 0.711. The fraction of sp³-hybridized carbons (Fsp3) is 0.318. The molecule has 1 aromatic carbocycles. The van der Waals surface area contributed by atoms with Crippen LogP contribution in [0, 0.1) is 12.8 Å². The van der Waals surface area contributed by atoms with Crippen molar-refractivity contribution in [1.82, 2.24) is 19.4 Å². The monoisotopic (exact) mass is 360 g/mol.